The summed E-state index contributed by atoms with van der Waals surface area (Å²) in [5.41, 5.74) is 10.8. The number of anilines is 1. The van der Waals surface area contributed by atoms with E-state index in [2.05, 4.69) is 52.9 Å². The summed E-state index contributed by atoms with van der Waals surface area (Å²) in [5, 5.41) is 14.1. The van der Waals surface area contributed by atoms with Gasteiger partial charge < -0.3 is 42.7 Å². The van der Waals surface area contributed by atoms with Crippen molar-refractivity contribution >= 4 is 32.1 Å². The molecule has 0 saturated carbocycles. The molecule has 5 aliphatic rings. The minimum atomic E-state index is -0.0257. The zero-order chi connectivity index (χ0) is 44.6. The van der Waals surface area contributed by atoms with Gasteiger partial charge in [-0.3, -0.25) is 9.59 Å². The van der Waals surface area contributed by atoms with Crippen LogP contribution in [0.25, 0.3) is 5.57 Å². The van der Waals surface area contributed by atoms with Crippen molar-refractivity contribution in [1.82, 2.24) is 14.8 Å². The van der Waals surface area contributed by atoms with Gasteiger partial charge in [-0.1, -0.05) is 44.9 Å². The Morgan fingerprint density at radius 3 is 2.34 bits per heavy atom. The molecule has 1 unspecified atom stereocenters. The van der Waals surface area contributed by atoms with E-state index in [0.717, 1.165) is 149 Å². The average Bonchev–Trinajstić information content (AvgIpc) is 3.29. The summed E-state index contributed by atoms with van der Waals surface area (Å²) in [4.78, 5) is 31.5. The van der Waals surface area contributed by atoms with E-state index in [4.69, 9.17) is 19.0 Å². The summed E-state index contributed by atoms with van der Waals surface area (Å²) in [7, 11) is 1.85. The predicted molar refractivity (Wildman–Crippen MR) is 256 cm³/mol. The Labute approximate surface area is 395 Å². The molecule has 0 saturated heterocycles. The van der Waals surface area contributed by atoms with Crippen LogP contribution in [0.4, 0.5) is 5.69 Å². The van der Waals surface area contributed by atoms with Gasteiger partial charge in [0.25, 0.3) is 5.91 Å². The van der Waals surface area contributed by atoms with Gasteiger partial charge in [-0.15, -0.1) is 0 Å². The van der Waals surface area contributed by atoms with Crippen LogP contribution in [-0.4, -0.2) is 76.2 Å². The molecule has 64 heavy (non-hydrogen) atoms. The molecule has 5 heterocycles. The molecule has 5 aliphatic heterocycles. The number of amides is 2. The number of nitrogens with one attached hydrogen (secondary N) is 1. The van der Waals surface area contributed by atoms with Crippen LogP contribution in [0.15, 0.2) is 36.4 Å². The first-order chi connectivity index (χ1) is 30.9. The number of nitrogens with zero attached hydrogens (tertiary/aromatic N) is 4. The molecule has 8 rings (SSSR count). The van der Waals surface area contributed by atoms with Crippen LogP contribution in [-0.2, 0) is 56.0 Å². The maximum Gasteiger partial charge on any atom is 2.00 e. The molecule has 1 atom stereocenters. The summed E-state index contributed by atoms with van der Waals surface area (Å²) in [6.45, 7) is 17.6. The Morgan fingerprint density at radius 2 is 1.56 bits per heavy atom. The second-order valence-electron chi connectivity index (χ2n) is 17.2. The first kappa shape index (κ1) is 51.2. The van der Waals surface area contributed by atoms with Gasteiger partial charge in [-0.05, 0) is 87.1 Å². The van der Waals surface area contributed by atoms with Crippen LogP contribution in [0.5, 0.6) is 11.5 Å². The fourth-order valence-electron chi connectivity index (χ4n) is 9.67. The third kappa shape index (κ3) is 12.5. The number of ether oxygens (including phenoxy) is 1. The third-order valence-electron chi connectivity index (χ3n) is 12.3. The number of hydrogen-bond acceptors (Lipinski definition) is 7. The number of hydrogen-bond donors (Lipinski definition) is 1. The number of carbonyl (C=O) groups is 2. The normalized spacial score (nSPS) is 15.1. The van der Waals surface area contributed by atoms with Crippen molar-refractivity contribution in [2.24, 2.45) is 0 Å². The molecule has 3 aromatic carbocycles. The van der Waals surface area contributed by atoms with Crippen molar-refractivity contribution in [2.75, 3.05) is 64.4 Å². The van der Waals surface area contributed by atoms with Gasteiger partial charge in [0, 0.05) is 91.2 Å². The van der Waals surface area contributed by atoms with E-state index in [1.54, 1.807) is 4.90 Å². The van der Waals surface area contributed by atoms with Gasteiger partial charge in [0.15, 0.2) is 9.03 Å². The summed E-state index contributed by atoms with van der Waals surface area (Å²) < 4.78 is 20.5. The standard InChI is InChI=1S/C46H56N5O5P.2C3H7.Ni/c1-49(23-12-20-40(52)48-22-6-2-3-7-28-54-57-55-29-13-21-47)46(53)35-17-5-4-16-34(35)41-38-30-32-14-8-24-50-26-10-18-36(42(32)50)44(38)56-45-37-19-11-27-51-25-9-15-33(43(37)51)31-39(41)45;2*1-3-2;/h4-5,16-17,30-31,57H,2-3,6-15,18-20,22-29H2,1H3;2*1,3H2,2H3;/q;2*-1;+2/p+1. The number of carbonyl (C=O) groups excluding carboxylic acids is 2. The second-order valence-corrected chi connectivity index (χ2v) is 17.9. The van der Waals surface area contributed by atoms with Crippen molar-refractivity contribution in [3.05, 3.63) is 99.8 Å². The maximum atomic E-state index is 14.5. The Kier molecular flexibility index (Phi) is 21.1. The first-order valence-electron chi connectivity index (χ1n) is 23.8. The van der Waals surface area contributed by atoms with Crippen molar-refractivity contribution < 1.29 is 39.9 Å². The van der Waals surface area contributed by atoms with Crippen LogP contribution in [0.2, 0.25) is 0 Å². The second kappa shape index (κ2) is 26.4. The van der Waals surface area contributed by atoms with Crippen molar-refractivity contribution in [3.63, 3.8) is 0 Å². The molecule has 0 radical (unpaired) electrons. The largest absolute Gasteiger partial charge is 2.00 e. The molecule has 0 bridgehead atoms. The van der Waals surface area contributed by atoms with Crippen molar-refractivity contribution in [1.29, 1.82) is 5.26 Å². The summed E-state index contributed by atoms with van der Waals surface area (Å²) in [6, 6.07) is 15.0. The monoisotopic (exact) mass is 934 g/mol. The SMILES string of the molecule is CN(CCCC(=O)NCCCCCCOPOCCC#N)C(=O)c1ccccc1C1=c2cc3c4c(c2Oc2c1cc1c5c2CCCN5CCC1)CCC[N+]=4CCC3.[CH2-]CC.[CH2-]CC.[Ni+2]. The molecule has 0 aliphatic carbocycles. The van der Waals surface area contributed by atoms with Crippen LogP contribution in [0.3, 0.4) is 0 Å². The molecule has 348 valence electrons. The third-order valence-corrected chi connectivity index (χ3v) is 12.9. The molecule has 10 nitrogen and oxygen atoms in total. The Balaban J connectivity index is 0.00000104. The summed E-state index contributed by atoms with van der Waals surface area (Å²) in [5.74, 6) is 2.00. The van der Waals surface area contributed by atoms with Crippen LogP contribution < -0.4 is 30.1 Å². The van der Waals surface area contributed by atoms with Gasteiger partial charge >= 0.3 is 16.5 Å². The number of aryl methyl sites for hydroxylation is 2. The Bertz CT molecular complexity index is 2220. The quantitative estimate of drug-likeness (QED) is 0.0372. The van der Waals surface area contributed by atoms with Crippen LogP contribution in [0.1, 0.15) is 141 Å². The van der Waals surface area contributed by atoms with E-state index in [1.807, 2.05) is 39.1 Å². The fourth-order valence-corrected chi connectivity index (χ4v) is 10.2. The topological polar surface area (TPSA) is 107 Å². The molecule has 12 heteroatoms. The van der Waals surface area contributed by atoms with Gasteiger partial charge in [-0.25, -0.2) is 4.58 Å². The van der Waals surface area contributed by atoms with Crippen molar-refractivity contribution in [2.45, 2.75) is 123 Å². The molecule has 3 aromatic rings. The van der Waals surface area contributed by atoms with E-state index in [1.165, 1.54) is 33.3 Å². The predicted octanol–water partition coefficient (Wildman–Crippen LogP) is 8.56. The zero-order valence-corrected chi connectivity index (χ0v) is 40.7. The smallest absolute Gasteiger partial charge is 0.455 e. The van der Waals surface area contributed by atoms with Crippen LogP contribution in [0, 0.1) is 25.2 Å². The molecule has 1 N–H and O–H groups in total. The van der Waals surface area contributed by atoms with E-state index in [9.17, 15) is 9.59 Å². The maximum absolute atomic E-state index is 14.5. The van der Waals surface area contributed by atoms with Gasteiger partial charge in [0.05, 0.1) is 31.3 Å². The molecule has 0 aromatic heterocycles. The molecule has 0 fully saturated rings. The Morgan fingerprint density at radius 1 is 0.875 bits per heavy atom. The summed E-state index contributed by atoms with van der Waals surface area (Å²) in [6.07, 6.45) is 16.0. The molecular formula is C52H71N5NiO5P+. The number of unbranched alkanes of at least 4 members (excludes halogenated alkanes) is 3. The van der Waals surface area contributed by atoms with E-state index < -0.39 is 0 Å². The number of rotatable bonds is 17. The minimum absolute atomic E-state index is 0. The number of nitriles is 1. The van der Waals surface area contributed by atoms with E-state index >= 15 is 0 Å². The van der Waals surface area contributed by atoms with Gasteiger partial charge in [0.1, 0.15) is 24.6 Å². The van der Waals surface area contributed by atoms with Crippen LogP contribution >= 0.6 is 9.03 Å². The van der Waals surface area contributed by atoms with E-state index in [0.29, 0.717) is 51.1 Å². The van der Waals surface area contributed by atoms with Gasteiger partial charge in [0.2, 0.25) is 11.3 Å². The zero-order valence-electron chi connectivity index (χ0n) is 38.7. The molecule has 2 amide bonds. The van der Waals surface area contributed by atoms with E-state index in [-0.39, 0.29) is 37.3 Å². The van der Waals surface area contributed by atoms with Gasteiger partial charge in [-0.2, -0.15) is 18.1 Å². The average molecular weight is 936 g/mol. The Hall–Kier alpha value is -3.80. The van der Waals surface area contributed by atoms with Crippen molar-refractivity contribution in [3.8, 4) is 17.6 Å². The molecule has 0 spiro atoms. The minimum Gasteiger partial charge on any atom is -0.455 e. The molecular weight excluding hydrogens is 864 g/mol. The number of fused-ring (bicyclic) bond motifs is 4. The summed E-state index contributed by atoms with van der Waals surface area (Å²) >= 11 is 0. The fraction of sp³-hybridized carbons (Fsp3) is 0.538. The first-order valence-corrected chi connectivity index (χ1v) is 24.7. The number of benzene rings is 3.